The summed E-state index contributed by atoms with van der Waals surface area (Å²) < 4.78 is 5.63. The third-order valence-electron chi connectivity index (χ3n) is 5.56. The normalized spacial score (nSPS) is 23.7. The largest absolute Gasteiger partial charge is 0.467 e. The lowest BCUT2D eigenvalue weighted by atomic mass is 9.94. The van der Waals surface area contributed by atoms with Crippen molar-refractivity contribution in [3.63, 3.8) is 0 Å². The average molecular weight is 388 g/mol. The van der Waals surface area contributed by atoms with E-state index in [2.05, 4.69) is 6.92 Å². The maximum Gasteiger partial charge on any atom is 0.266 e. The van der Waals surface area contributed by atoms with Crippen LogP contribution in [-0.4, -0.2) is 17.9 Å². The number of imide groups is 1. The molecule has 0 aliphatic carbocycles. The number of carbonyl (C=O) groups is 2. The quantitative estimate of drug-likeness (QED) is 0.635. The van der Waals surface area contributed by atoms with Crippen LogP contribution < -0.4 is 9.96 Å². The van der Waals surface area contributed by atoms with E-state index < -0.39 is 18.1 Å². The van der Waals surface area contributed by atoms with Crippen LogP contribution in [-0.2, 0) is 20.8 Å². The Morgan fingerprint density at radius 1 is 0.862 bits per heavy atom. The Morgan fingerprint density at radius 2 is 1.62 bits per heavy atom. The minimum Gasteiger partial charge on any atom is -0.467 e. The lowest BCUT2D eigenvalue weighted by Crippen LogP contribution is -2.37. The molecule has 0 spiro atoms. The van der Waals surface area contributed by atoms with Gasteiger partial charge in [-0.2, -0.15) is 0 Å². The zero-order valence-corrected chi connectivity index (χ0v) is 15.9. The molecule has 3 atom stereocenters. The highest BCUT2D eigenvalue weighted by Gasteiger charge is 2.61. The maximum atomic E-state index is 13.4. The summed E-state index contributed by atoms with van der Waals surface area (Å²) in [5.74, 6) is -0.714. The fraction of sp³-hybridized carbons (Fsp3) is 0.217. The summed E-state index contributed by atoms with van der Waals surface area (Å²) in [6, 6.07) is 20.0. The molecule has 3 aromatic rings. The molecular formula is C23H20N2O4. The first kappa shape index (κ1) is 17.7. The van der Waals surface area contributed by atoms with E-state index >= 15 is 0 Å². The predicted octanol–water partition coefficient (Wildman–Crippen LogP) is 3.89. The highest BCUT2D eigenvalue weighted by atomic mass is 16.7. The number of fused-ring (bicyclic) bond motifs is 1. The minimum absolute atomic E-state index is 0.274. The predicted molar refractivity (Wildman–Crippen MR) is 107 cm³/mol. The summed E-state index contributed by atoms with van der Waals surface area (Å²) in [5, 5.41) is 1.63. The number of para-hydroxylation sites is 1. The number of anilines is 2. The number of amides is 2. The summed E-state index contributed by atoms with van der Waals surface area (Å²) >= 11 is 0. The molecule has 6 heteroatoms. The number of hydrogen-bond donors (Lipinski definition) is 0. The lowest BCUT2D eigenvalue weighted by Gasteiger charge is -2.27. The monoisotopic (exact) mass is 388 g/mol. The first-order chi connectivity index (χ1) is 14.2. The highest BCUT2D eigenvalue weighted by Crippen LogP contribution is 2.47. The molecule has 2 saturated heterocycles. The molecular weight excluding hydrogens is 368 g/mol. The molecule has 2 aliphatic heterocycles. The van der Waals surface area contributed by atoms with Gasteiger partial charge >= 0.3 is 0 Å². The van der Waals surface area contributed by atoms with Crippen LogP contribution in [0.2, 0.25) is 0 Å². The Bertz CT molecular complexity index is 1030. The average Bonchev–Trinajstić information content (AvgIpc) is 3.47. The molecule has 146 valence electrons. The van der Waals surface area contributed by atoms with Crippen LogP contribution in [0.25, 0.3) is 0 Å². The van der Waals surface area contributed by atoms with Crippen molar-refractivity contribution in [1.29, 1.82) is 0 Å². The zero-order valence-electron chi connectivity index (χ0n) is 15.9. The van der Waals surface area contributed by atoms with Crippen molar-refractivity contribution >= 4 is 23.2 Å². The smallest absolute Gasteiger partial charge is 0.266 e. The van der Waals surface area contributed by atoms with Crippen molar-refractivity contribution < 1.29 is 18.8 Å². The summed E-state index contributed by atoms with van der Waals surface area (Å²) in [5.41, 5.74) is 2.48. The molecule has 2 amide bonds. The molecule has 0 unspecified atom stereocenters. The van der Waals surface area contributed by atoms with E-state index in [0.29, 0.717) is 11.4 Å². The Kier molecular flexibility index (Phi) is 4.21. The molecule has 2 fully saturated rings. The van der Waals surface area contributed by atoms with Crippen LogP contribution in [0.1, 0.15) is 24.3 Å². The van der Waals surface area contributed by atoms with Crippen LogP contribution in [0.15, 0.2) is 77.4 Å². The van der Waals surface area contributed by atoms with Gasteiger partial charge in [0.25, 0.3) is 5.91 Å². The summed E-state index contributed by atoms with van der Waals surface area (Å²) in [4.78, 5) is 33.9. The van der Waals surface area contributed by atoms with Crippen LogP contribution in [0.4, 0.5) is 11.4 Å². The SMILES string of the molecule is CCc1ccc(N2C(=O)[C@@H]3[C@H](ON(c4ccccc4)[C@@H]3c3ccco3)C2=O)cc1. The van der Waals surface area contributed by atoms with Gasteiger partial charge in [0, 0.05) is 0 Å². The van der Waals surface area contributed by atoms with Gasteiger partial charge in [0.2, 0.25) is 5.91 Å². The second-order valence-electron chi connectivity index (χ2n) is 7.21. The van der Waals surface area contributed by atoms with E-state index in [4.69, 9.17) is 9.25 Å². The number of rotatable bonds is 4. The van der Waals surface area contributed by atoms with Crippen LogP contribution in [0, 0.1) is 5.92 Å². The Morgan fingerprint density at radius 3 is 2.28 bits per heavy atom. The zero-order chi connectivity index (χ0) is 20.0. The second kappa shape index (κ2) is 6.90. The lowest BCUT2D eigenvalue weighted by molar-refractivity contribution is -0.126. The fourth-order valence-corrected chi connectivity index (χ4v) is 4.10. The van der Waals surface area contributed by atoms with Gasteiger partial charge in [0.1, 0.15) is 17.7 Å². The van der Waals surface area contributed by atoms with Gasteiger partial charge in [-0.3, -0.25) is 14.4 Å². The van der Waals surface area contributed by atoms with Crippen molar-refractivity contribution in [2.24, 2.45) is 5.92 Å². The number of aryl methyl sites for hydroxylation is 1. The molecule has 5 rings (SSSR count). The molecule has 0 radical (unpaired) electrons. The standard InChI is InChI=1S/C23H20N2O4/c1-2-15-10-12-16(13-11-15)24-22(26)19-20(18-9-6-14-28-18)25(29-21(19)23(24)27)17-7-4-3-5-8-17/h3-14,19-21H,2H2,1H3/t19-,20+,21-/m0/s1. The van der Waals surface area contributed by atoms with Crippen molar-refractivity contribution in [3.8, 4) is 0 Å². The van der Waals surface area contributed by atoms with E-state index in [9.17, 15) is 9.59 Å². The van der Waals surface area contributed by atoms with Gasteiger partial charge in [-0.1, -0.05) is 37.3 Å². The maximum absolute atomic E-state index is 13.4. The van der Waals surface area contributed by atoms with Crippen LogP contribution in [0.3, 0.4) is 0 Å². The molecule has 0 bridgehead atoms. The van der Waals surface area contributed by atoms with Crippen molar-refractivity contribution in [1.82, 2.24) is 0 Å². The number of carbonyl (C=O) groups excluding carboxylic acids is 2. The van der Waals surface area contributed by atoms with Crippen LogP contribution >= 0.6 is 0 Å². The minimum atomic E-state index is -0.886. The molecule has 1 aromatic heterocycles. The molecule has 29 heavy (non-hydrogen) atoms. The summed E-state index contributed by atoms with van der Waals surface area (Å²) in [7, 11) is 0. The number of hydroxylamine groups is 1. The summed E-state index contributed by atoms with van der Waals surface area (Å²) in [6.07, 6.45) is 1.57. The molecule has 2 aliphatic rings. The number of benzene rings is 2. The Balaban J connectivity index is 1.54. The van der Waals surface area contributed by atoms with Gasteiger partial charge in [0.15, 0.2) is 6.10 Å². The first-order valence-corrected chi connectivity index (χ1v) is 9.70. The van der Waals surface area contributed by atoms with E-state index in [1.54, 1.807) is 17.4 Å². The van der Waals surface area contributed by atoms with E-state index in [1.165, 1.54) is 4.90 Å². The van der Waals surface area contributed by atoms with Crippen molar-refractivity contribution in [2.75, 3.05) is 9.96 Å². The van der Waals surface area contributed by atoms with Gasteiger partial charge in [-0.15, -0.1) is 0 Å². The topological polar surface area (TPSA) is 63.0 Å². The van der Waals surface area contributed by atoms with Gasteiger partial charge < -0.3 is 4.42 Å². The number of furan rings is 1. The van der Waals surface area contributed by atoms with E-state index in [-0.39, 0.29) is 11.8 Å². The molecule has 6 nitrogen and oxygen atoms in total. The first-order valence-electron chi connectivity index (χ1n) is 9.70. The van der Waals surface area contributed by atoms with Crippen molar-refractivity contribution in [3.05, 3.63) is 84.3 Å². The number of nitrogens with zero attached hydrogens (tertiary/aromatic N) is 2. The Labute approximate surface area is 168 Å². The van der Waals surface area contributed by atoms with Gasteiger partial charge in [-0.05, 0) is 48.4 Å². The van der Waals surface area contributed by atoms with Crippen molar-refractivity contribution in [2.45, 2.75) is 25.5 Å². The van der Waals surface area contributed by atoms with Gasteiger partial charge in [0.05, 0.1) is 17.6 Å². The third-order valence-corrected chi connectivity index (χ3v) is 5.56. The summed E-state index contributed by atoms with van der Waals surface area (Å²) in [6.45, 7) is 2.06. The van der Waals surface area contributed by atoms with E-state index in [0.717, 1.165) is 17.7 Å². The Hall–Kier alpha value is -3.38. The number of hydrogen-bond acceptors (Lipinski definition) is 5. The third kappa shape index (κ3) is 2.76. The highest BCUT2D eigenvalue weighted by molar-refractivity contribution is 6.23. The van der Waals surface area contributed by atoms with Crippen LogP contribution in [0.5, 0.6) is 0 Å². The molecule has 0 N–H and O–H groups in total. The van der Waals surface area contributed by atoms with E-state index in [1.807, 2.05) is 60.7 Å². The molecule has 0 saturated carbocycles. The molecule has 2 aromatic carbocycles. The fourth-order valence-electron chi connectivity index (χ4n) is 4.10. The van der Waals surface area contributed by atoms with Gasteiger partial charge in [-0.25, -0.2) is 9.96 Å². The second-order valence-corrected chi connectivity index (χ2v) is 7.21. The molecule has 3 heterocycles.